The number of nitrogens with zero attached hydrogens (tertiary/aromatic N) is 1. The normalized spacial score (nSPS) is 30.7. The lowest BCUT2D eigenvalue weighted by molar-refractivity contribution is 0.0238. The van der Waals surface area contributed by atoms with Crippen LogP contribution in [0.4, 0.5) is 0 Å². The van der Waals surface area contributed by atoms with E-state index < -0.39 is 0 Å². The van der Waals surface area contributed by atoms with E-state index in [-0.39, 0.29) is 6.10 Å². The Kier molecular flexibility index (Phi) is 6.97. The number of rotatable bonds is 6. The third kappa shape index (κ3) is 5.22. The molecule has 0 aromatic carbocycles. The highest BCUT2D eigenvalue weighted by Crippen LogP contribution is 2.26. The highest BCUT2D eigenvalue weighted by atomic mass is 16.3. The van der Waals surface area contributed by atoms with Crippen LogP contribution in [0, 0.1) is 11.8 Å². The van der Waals surface area contributed by atoms with Crippen molar-refractivity contribution >= 4 is 0 Å². The molecule has 3 unspecified atom stereocenters. The second-order valence-electron chi connectivity index (χ2n) is 7.63. The van der Waals surface area contributed by atoms with Crippen LogP contribution in [0.15, 0.2) is 0 Å². The SMILES string of the molecule is CCC(O)C1CC(NCC2CCCCC2)CN(C(C)C)C1. The molecule has 1 aliphatic heterocycles. The quantitative estimate of drug-likeness (QED) is 0.791. The second-order valence-corrected chi connectivity index (χ2v) is 7.63. The van der Waals surface area contributed by atoms with Crippen LogP contribution in [0.5, 0.6) is 0 Å². The molecule has 1 heterocycles. The maximum atomic E-state index is 10.3. The second kappa shape index (κ2) is 8.50. The fourth-order valence-electron chi connectivity index (χ4n) is 4.08. The summed E-state index contributed by atoms with van der Waals surface area (Å²) in [6.45, 7) is 10.1. The van der Waals surface area contributed by atoms with Gasteiger partial charge in [-0.15, -0.1) is 0 Å². The zero-order valence-electron chi connectivity index (χ0n) is 14.4. The molecule has 124 valence electrons. The molecule has 0 radical (unpaired) electrons. The summed E-state index contributed by atoms with van der Waals surface area (Å²) in [5, 5.41) is 14.1. The molecule has 0 bridgehead atoms. The zero-order chi connectivity index (χ0) is 15.2. The first-order valence-electron chi connectivity index (χ1n) is 9.25. The van der Waals surface area contributed by atoms with Crippen LogP contribution in [0.1, 0.15) is 65.7 Å². The van der Waals surface area contributed by atoms with Gasteiger partial charge in [0.15, 0.2) is 0 Å². The van der Waals surface area contributed by atoms with Crippen molar-refractivity contribution in [2.24, 2.45) is 11.8 Å². The number of aliphatic hydroxyl groups is 1. The van der Waals surface area contributed by atoms with Crippen LogP contribution in [0.25, 0.3) is 0 Å². The van der Waals surface area contributed by atoms with Gasteiger partial charge in [-0.05, 0) is 57.9 Å². The third-order valence-electron chi connectivity index (χ3n) is 5.62. The van der Waals surface area contributed by atoms with Crippen LogP contribution in [0.3, 0.4) is 0 Å². The van der Waals surface area contributed by atoms with Crippen molar-refractivity contribution in [1.82, 2.24) is 10.2 Å². The summed E-state index contributed by atoms with van der Waals surface area (Å²) in [5.41, 5.74) is 0. The van der Waals surface area contributed by atoms with Gasteiger partial charge in [0.1, 0.15) is 0 Å². The van der Waals surface area contributed by atoms with Gasteiger partial charge in [-0.1, -0.05) is 26.2 Å². The predicted octanol–water partition coefficient (Wildman–Crippen LogP) is 3.03. The van der Waals surface area contributed by atoms with Crippen molar-refractivity contribution in [3.8, 4) is 0 Å². The van der Waals surface area contributed by atoms with Gasteiger partial charge in [0.25, 0.3) is 0 Å². The fraction of sp³-hybridized carbons (Fsp3) is 1.00. The Balaban J connectivity index is 1.84. The van der Waals surface area contributed by atoms with Gasteiger partial charge < -0.3 is 10.4 Å². The Morgan fingerprint density at radius 3 is 2.48 bits per heavy atom. The maximum absolute atomic E-state index is 10.3. The van der Waals surface area contributed by atoms with Gasteiger partial charge in [-0.3, -0.25) is 4.90 Å². The predicted molar refractivity (Wildman–Crippen MR) is 89.5 cm³/mol. The average Bonchev–Trinajstić information content (AvgIpc) is 2.52. The summed E-state index contributed by atoms with van der Waals surface area (Å²) in [6, 6.07) is 1.14. The molecule has 2 aliphatic rings. The number of hydrogen-bond donors (Lipinski definition) is 2. The van der Waals surface area contributed by atoms with Crippen LogP contribution >= 0.6 is 0 Å². The topological polar surface area (TPSA) is 35.5 Å². The Morgan fingerprint density at radius 1 is 1.14 bits per heavy atom. The van der Waals surface area contributed by atoms with Gasteiger partial charge >= 0.3 is 0 Å². The molecule has 3 nitrogen and oxygen atoms in total. The summed E-state index contributed by atoms with van der Waals surface area (Å²) in [5.74, 6) is 1.33. The fourth-order valence-corrected chi connectivity index (χ4v) is 4.08. The number of hydrogen-bond acceptors (Lipinski definition) is 3. The van der Waals surface area contributed by atoms with Crippen molar-refractivity contribution < 1.29 is 5.11 Å². The maximum Gasteiger partial charge on any atom is 0.0578 e. The highest BCUT2D eigenvalue weighted by molar-refractivity contribution is 4.88. The van der Waals surface area contributed by atoms with Crippen LogP contribution < -0.4 is 5.32 Å². The summed E-state index contributed by atoms with van der Waals surface area (Å²) < 4.78 is 0. The molecule has 0 spiro atoms. The van der Waals surface area contributed by atoms with E-state index in [0.717, 1.165) is 31.8 Å². The molecule has 2 rings (SSSR count). The van der Waals surface area contributed by atoms with Gasteiger partial charge in [-0.2, -0.15) is 0 Å². The lowest BCUT2D eigenvalue weighted by Gasteiger charge is -2.42. The lowest BCUT2D eigenvalue weighted by Crippen LogP contribution is -2.54. The highest BCUT2D eigenvalue weighted by Gasteiger charge is 2.32. The molecule has 2 N–H and O–H groups in total. The first-order valence-corrected chi connectivity index (χ1v) is 9.25. The third-order valence-corrected chi connectivity index (χ3v) is 5.62. The number of aliphatic hydroxyl groups excluding tert-OH is 1. The van der Waals surface area contributed by atoms with Gasteiger partial charge in [-0.25, -0.2) is 0 Å². The van der Waals surface area contributed by atoms with E-state index >= 15 is 0 Å². The molecule has 0 aromatic rings. The van der Waals surface area contributed by atoms with E-state index in [4.69, 9.17) is 0 Å². The number of likely N-dealkylation sites (tertiary alicyclic amines) is 1. The first kappa shape index (κ1) is 17.2. The molecule has 3 heteroatoms. The molecular weight excluding hydrogens is 260 g/mol. The molecule has 3 atom stereocenters. The van der Waals surface area contributed by atoms with E-state index in [1.807, 2.05) is 0 Å². The van der Waals surface area contributed by atoms with E-state index in [1.165, 1.54) is 38.6 Å². The smallest absolute Gasteiger partial charge is 0.0578 e. The molecule has 0 aromatic heterocycles. The molecule has 0 amide bonds. The Hall–Kier alpha value is -0.120. The Bertz CT molecular complexity index is 289. The lowest BCUT2D eigenvalue weighted by atomic mass is 9.86. The van der Waals surface area contributed by atoms with Crippen LogP contribution in [-0.4, -0.2) is 47.8 Å². The van der Waals surface area contributed by atoms with Gasteiger partial charge in [0.05, 0.1) is 6.10 Å². The molecule has 1 saturated carbocycles. The van der Waals surface area contributed by atoms with Crippen LogP contribution in [0.2, 0.25) is 0 Å². The van der Waals surface area contributed by atoms with Crippen molar-refractivity contribution in [2.45, 2.75) is 83.9 Å². The van der Waals surface area contributed by atoms with E-state index in [9.17, 15) is 5.11 Å². The van der Waals surface area contributed by atoms with E-state index in [2.05, 4.69) is 31.0 Å². The summed E-state index contributed by atoms with van der Waals surface area (Å²) in [4.78, 5) is 2.55. The Morgan fingerprint density at radius 2 is 1.86 bits per heavy atom. The average molecular weight is 296 g/mol. The largest absolute Gasteiger partial charge is 0.393 e. The first-order chi connectivity index (χ1) is 10.1. The monoisotopic (exact) mass is 296 g/mol. The van der Waals surface area contributed by atoms with E-state index in [0.29, 0.717) is 18.0 Å². The van der Waals surface area contributed by atoms with Crippen molar-refractivity contribution in [1.29, 1.82) is 0 Å². The molecule has 1 saturated heterocycles. The minimum atomic E-state index is -0.134. The molecule has 1 aliphatic carbocycles. The van der Waals surface area contributed by atoms with Gasteiger partial charge in [0.2, 0.25) is 0 Å². The van der Waals surface area contributed by atoms with Crippen LogP contribution in [-0.2, 0) is 0 Å². The zero-order valence-corrected chi connectivity index (χ0v) is 14.4. The Labute approximate surface area is 131 Å². The number of piperidine rings is 1. The minimum absolute atomic E-state index is 0.134. The van der Waals surface area contributed by atoms with Crippen molar-refractivity contribution in [3.63, 3.8) is 0 Å². The number of nitrogens with one attached hydrogen (secondary N) is 1. The van der Waals surface area contributed by atoms with E-state index in [1.54, 1.807) is 0 Å². The molecule has 21 heavy (non-hydrogen) atoms. The van der Waals surface area contributed by atoms with Crippen molar-refractivity contribution in [2.75, 3.05) is 19.6 Å². The van der Waals surface area contributed by atoms with Gasteiger partial charge in [0, 0.05) is 25.2 Å². The standard InChI is InChI=1S/C18H36N2O/c1-4-18(21)16-10-17(13-20(12-16)14(2)3)19-11-15-8-6-5-7-9-15/h14-19,21H,4-13H2,1-3H3. The summed E-state index contributed by atoms with van der Waals surface area (Å²) >= 11 is 0. The summed E-state index contributed by atoms with van der Waals surface area (Å²) in [7, 11) is 0. The van der Waals surface area contributed by atoms with Crippen molar-refractivity contribution in [3.05, 3.63) is 0 Å². The summed E-state index contributed by atoms with van der Waals surface area (Å²) in [6.07, 6.45) is 9.00. The molecule has 2 fully saturated rings. The minimum Gasteiger partial charge on any atom is -0.393 e. The molecular formula is C18H36N2O.